The van der Waals surface area contributed by atoms with Crippen molar-refractivity contribution >= 4 is 29.2 Å². The van der Waals surface area contributed by atoms with Gasteiger partial charge in [0.25, 0.3) is 5.91 Å². The summed E-state index contributed by atoms with van der Waals surface area (Å²) in [7, 11) is 0. The average Bonchev–Trinajstić information content (AvgIpc) is 2.74. The van der Waals surface area contributed by atoms with Crippen LogP contribution in [0.3, 0.4) is 0 Å². The van der Waals surface area contributed by atoms with E-state index in [0.717, 1.165) is 0 Å². The molecule has 0 aliphatic carbocycles. The fourth-order valence-corrected chi connectivity index (χ4v) is 3.46. The summed E-state index contributed by atoms with van der Waals surface area (Å²) in [6, 6.07) is 9.60. The molecule has 0 atom stereocenters. The number of aromatic carboxylic acids is 1. The second-order valence-electron chi connectivity index (χ2n) is 7.01. The molecular formula is C22H23FN2O5. The predicted molar refractivity (Wildman–Crippen MR) is 109 cm³/mol. The number of piperidine rings is 1. The summed E-state index contributed by atoms with van der Waals surface area (Å²) in [6.07, 6.45) is 1.20. The molecular weight excluding hydrogens is 391 g/mol. The number of carbonyl (C=O) groups is 3. The second-order valence-corrected chi connectivity index (χ2v) is 7.01. The van der Waals surface area contributed by atoms with Gasteiger partial charge in [0, 0.05) is 18.7 Å². The number of nitrogens with zero attached hydrogens (tertiary/aromatic N) is 1. The molecule has 0 aromatic heterocycles. The minimum Gasteiger partial charge on any atom is -0.478 e. The Morgan fingerprint density at radius 3 is 2.33 bits per heavy atom. The Labute approximate surface area is 173 Å². The number of halogens is 1. The Morgan fingerprint density at radius 1 is 1.10 bits per heavy atom. The Bertz CT molecular complexity index is 937. The van der Waals surface area contributed by atoms with Crippen LogP contribution in [0.15, 0.2) is 42.5 Å². The largest absolute Gasteiger partial charge is 0.478 e. The highest BCUT2D eigenvalue weighted by molar-refractivity contribution is 6.06. The van der Waals surface area contributed by atoms with Gasteiger partial charge in [-0.15, -0.1) is 0 Å². The van der Waals surface area contributed by atoms with E-state index in [-0.39, 0.29) is 23.0 Å². The van der Waals surface area contributed by atoms with Crippen LogP contribution < -0.4 is 10.2 Å². The number of benzene rings is 2. The first kappa shape index (κ1) is 21.3. The zero-order valence-electron chi connectivity index (χ0n) is 16.6. The standard InChI is InChI=1S/C22H23FN2O5/c1-2-30-22(29)15-9-11-25(12-10-15)19-8-5-16(21(27)28)13-18(19)24-20(26)14-3-6-17(23)7-4-14/h3-8,13,15H,2,9-12H2,1H3,(H,24,26)(H,27,28). The highest BCUT2D eigenvalue weighted by atomic mass is 19.1. The van der Waals surface area contributed by atoms with Gasteiger partial charge in [0.15, 0.2) is 0 Å². The molecule has 2 aromatic rings. The Kier molecular flexibility index (Phi) is 6.66. The third-order valence-electron chi connectivity index (χ3n) is 5.05. The van der Waals surface area contributed by atoms with Crippen molar-refractivity contribution in [3.8, 4) is 0 Å². The molecule has 8 heteroatoms. The normalized spacial score (nSPS) is 14.3. The van der Waals surface area contributed by atoms with Crippen molar-refractivity contribution in [2.45, 2.75) is 19.8 Å². The van der Waals surface area contributed by atoms with Crippen molar-refractivity contribution in [2.24, 2.45) is 5.92 Å². The number of carboxylic acids is 1. The van der Waals surface area contributed by atoms with Crippen molar-refractivity contribution in [3.05, 3.63) is 59.4 Å². The van der Waals surface area contributed by atoms with Gasteiger partial charge in [0.2, 0.25) is 0 Å². The molecule has 0 radical (unpaired) electrons. The lowest BCUT2D eigenvalue weighted by molar-refractivity contribution is -0.148. The quantitative estimate of drug-likeness (QED) is 0.702. The summed E-state index contributed by atoms with van der Waals surface area (Å²) in [5, 5.41) is 12.1. The van der Waals surface area contributed by atoms with Gasteiger partial charge in [-0.3, -0.25) is 9.59 Å². The molecule has 0 spiro atoms. The summed E-state index contributed by atoms with van der Waals surface area (Å²) in [5.41, 5.74) is 1.30. The van der Waals surface area contributed by atoms with E-state index in [1.54, 1.807) is 13.0 Å². The molecule has 30 heavy (non-hydrogen) atoms. The molecule has 1 saturated heterocycles. The highest BCUT2D eigenvalue weighted by Gasteiger charge is 2.27. The van der Waals surface area contributed by atoms with Gasteiger partial charge >= 0.3 is 11.9 Å². The van der Waals surface area contributed by atoms with E-state index in [1.165, 1.54) is 36.4 Å². The van der Waals surface area contributed by atoms with Gasteiger partial charge in [0.1, 0.15) is 5.82 Å². The molecule has 1 fully saturated rings. The lowest BCUT2D eigenvalue weighted by Crippen LogP contribution is -2.37. The maximum Gasteiger partial charge on any atom is 0.335 e. The minimum atomic E-state index is -1.11. The number of amides is 1. The third-order valence-corrected chi connectivity index (χ3v) is 5.05. The monoisotopic (exact) mass is 414 g/mol. The molecule has 2 aromatic carbocycles. The number of rotatable bonds is 6. The summed E-state index contributed by atoms with van der Waals surface area (Å²) in [4.78, 5) is 38.0. The molecule has 1 heterocycles. The highest BCUT2D eigenvalue weighted by Crippen LogP contribution is 2.32. The summed E-state index contributed by atoms with van der Waals surface area (Å²) in [6.45, 7) is 3.24. The SMILES string of the molecule is CCOC(=O)C1CCN(c2ccc(C(=O)O)cc2NC(=O)c2ccc(F)cc2)CC1. The van der Waals surface area contributed by atoms with Crippen molar-refractivity contribution in [1.29, 1.82) is 0 Å². The van der Waals surface area contributed by atoms with Gasteiger partial charge < -0.3 is 20.1 Å². The summed E-state index contributed by atoms with van der Waals surface area (Å²) in [5.74, 6) is -2.41. The zero-order chi connectivity index (χ0) is 21.7. The van der Waals surface area contributed by atoms with Crippen LogP contribution >= 0.6 is 0 Å². The van der Waals surface area contributed by atoms with Gasteiger partial charge in [0.05, 0.1) is 29.5 Å². The van der Waals surface area contributed by atoms with Crippen LogP contribution in [0.2, 0.25) is 0 Å². The molecule has 0 unspecified atom stereocenters. The number of anilines is 2. The van der Waals surface area contributed by atoms with E-state index in [1.807, 2.05) is 4.90 Å². The smallest absolute Gasteiger partial charge is 0.335 e. The van der Waals surface area contributed by atoms with Gasteiger partial charge in [-0.1, -0.05) is 0 Å². The van der Waals surface area contributed by atoms with Crippen LogP contribution in [0.5, 0.6) is 0 Å². The van der Waals surface area contributed by atoms with Crippen molar-refractivity contribution < 1.29 is 28.6 Å². The fraction of sp³-hybridized carbons (Fsp3) is 0.318. The third kappa shape index (κ3) is 4.94. The van der Waals surface area contributed by atoms with Crippen LogP contribution in [-0.4, -0.2) is 42.6 Å². The van der Waals surface area contributed by atoms with E-state index >= 15 is 0 Å². The number of nitrogens with one attached hydrogen (secondary N) is 1. The summed E-state index contributed by atoms with van der Waals surface area (Å²) < 4.78 is 18.2. The van der Waals surface area contributed by atoms with Crippen LogP contribution in [0.4, 0.5) is 15.8 Å². The number of carbonyl (C=O) groups excluding carboxylic acids is 2. The summed E-state index contributed by atoms with van der Waals surface area (Å²) >= 11 is 0. The number of carboxylic acid groups (broad SMARTS) is 1. The van der Waals surface area contributed by atoms with Crippen molar-refractivity contribution in [3.63, 3.8) is 0 Å². The number of hydrogen-bond acceptors (Lipinski definition) is 5. The first-order chi connectivity index (χ1) is 14.4. The van der Waals surface area contributed by atoms with E-state index in [2.05, 4.69) is 5.32 Å². The van der Waals surface area contributed by atoms with E-state index in [0.29, 0.717) is 43.9 Å². The zero-order valence-corrected chi connectivity index (χ0v) is 16.6. The molecule has 1 aliphatic heterocycles. The Hall–Kier alpha value is -3.42. The van der Waals surface area contributed by atoms with Crippen molar-refractivity contribution in [1.82, 2.24) is 0 Å². The van der Waals surface area contributed by atoms with E-state index < -0.39 is 17.7 Å². The van der Waals surface area contributed by atoms with Crippen LogP contribution in [0, 0.1) is 11.7 Å². The molecule has 1 aliphatic rings. The van der Waals surface area contributed by atoms with Gasteiger partial charge in [-0.2, -0.15) is 0 Å². The van der Waals surface area contributed by atoms with E-state index in [9.17, 15) is 23.9 Å². The number of esters is 1. The number of hydrogen-bond donors (Lipinski definition) is 2. The number of ether oxygens (including phenoxy) is 1. The average molecular weight is 414 g/mol. The fourth-order valence-electron chi connectivity index (χ4n) is 3.46. The predicted octanol–water partition coefficient (Wildman–Crippen LogP) is 3.56. The van der Waals surface area contributed by atoms with Gasteiger partial charge in [-0.05, 0) is 62.2 Å². The maximum absolute atomic E-state index is 13.1. The van der Waals surface area contributed by atoms with E-state index in [4.69, 9.17) is 4.74 Å². The van der Waals surface area contributed by atoms with Gasteiger partial charge in [-0.25, -0.2) is 9.18 Å². The minimum absolute atomic E-state index is 0.0366. The molecule has 1 amide bonds. The molecule has 158 valence electrons. The molecule has 2 N–H and O–H groups in total. The van der Waals surface area contributed by atoms with Crippen LogP contribution in [-0.2, 0) is 9.53 Å². The molecule has 7 nitrogen and oxygen atoms in total. The first-order valence-corrected chi connectivity index (χ1v) is 9.75. The maximum atomic E-state index is 13.1. The first-order valence-electron chi connectivity index (χ1n) is 9.75. The molecule has 0 saturated carbocycles. The van der Waals surface area contributed by atoms with Crippen LogP contribution in [0.1, 0.15) is 40.5 Å². The van der Waals surface area contributed by atoms with Crippen LogP contribution in [0.25, 0.3) is 0 Å². The second kappa shape index (κ2) is 9.39. The Morgan fingerprint density at radius 2 is 1.73 bits per heavy atom. The Balaban J connectivity index is 1.81. The topological polar surface area (TPSA) is 95.9 Å². The lowest BCUT2D eigenvalue weighted by atomic mass is 9.96. The molecule has 0 bridgehead atoms. The van der Waals surface area contributed by atoms with Crippen molar-refractivity contribution in [2.75, 3.05) is 29.9 Å². The lowest BCUT2D eigenvalue weighted by Gasteiger charge is -2.34. The molecule has 3 rings (SSSR count).